The quantitative estimate of drug-likeness (QED) is 0.500. The summed E-state index contributed by atoms with van der Waals surface area (Å²) in [5.74, 6) is 0. The van der Waals surface area contributed by atoms with E-state index in [1.807, 2.05) is 42.6 Å². The summed E-state index contributed by atoms with van der Waals surface area (Å²) < 4.78 is 0. The second-order valence-corrected chi connectivity index (χ2v) is 7.14. The molecule has 0 radical (unpaired) electrons. The fourth-order valence-electron chi connectivity index (χ4n) is 3.40. The van der Waals surface area contributed by atoms with Gasteiger partial charge >= 0.3 is 6.03 Å². The lowest BCUT2D eigenvalue weighted by atomic mass is 10.1. The van der Waals surface area contributed by atoms with E-state index in [9.17, 15) is 4.79 Å². The number of H-pyrrole nitrogens is 1. The minimum absolute atomic E-state index is 0.136. The first-order chi connectivity index (χ1) is 13.2. The van der Waals surface area contributed by atoms with Crippen LogP contribution in [0.1, 0.15) is 24.1 Å². The Balaban J connectivity index is 1.47. The van der Waals surface area contributed by atoms with Gasteiger partial charge in [0.1, 0.15) is 0 Å². The molecule has 0 saturated heterocycles. The molecule has 27 heavy (non-hydrogen) atoms. The lowest BCUT2D eigenvalue weighted by Gasteiger charge is -2.06. The Morgan fingerprint density at radius 3 is 2.67 bits per heavy atom. The van der Waals surface area contributed by atoms with E-state index in [1.54, 1.807) is 0 Å². The highest BCUT2D eigenvalue weighted by molar-refractivity contribution is 6.08. The Bertz CT molecular complexity index is 1130. The largest absolute Gasteiger partial charge is 0.353 e. The van der Waals surface area contributed by atoms with Crippen LogP contribution in [-0.2, 0) is 6.42 Å². The number of hydrogen-bond acceptors (Lipinski definition) is 2. The van der Waals surface area contributed by atoms with Crippen LogP contribution in [0.5, 0.6) is 0 Å². The van der Waals surface area contributed by atoms with Gasteiger partial charge in [-0.1, -0.05) is 30.3 Å². The van der Waals surface area contributed by atoms with E-state index in [1.165, 1.54) is 5.56 Å². The molecule has 0 bridgehead atoms. The summed E-state index contributed by atoms with van der Waals surface area (Å²) in [7, 11) is 0. The van der Waals surface area contributed by atoms with Gasteiger partial charge in [0.25, 0.3) is 0 Å². The van der Waals surface area contributed by atoms with Crippen molar-refractivity contribution in [1.82, 2.24) is 15.3 Å². The van der Waals surface area contributed by atoms with Gasteiger partial charge in [0.15, 0.2) is 0 Å². The van der Waals surface area contributed by atoms with Gasteiger partial charge in [-0.25, -0.2) is 4.79 Å². The van der Waals surface area contributed by atoms with Gasteiger partial charge in [-0.3, -0.25) is 4.98 Å². The molecule has 4 aromatic rings. The summed E-state index contributed by atoms with van der Waals surface area (Å²) >= 11 is 0. The van der Waals surface area contributed by atoms with Crippen molar-refractivity contribution in [3.05, 3.63) is 72.1 Å². The highest BCUT2D eigenvalue weighted by Gasteiger charge is 2.23. The molecule has 134 valence electrons. The minimum Gasteiger partial charge on any atom is -0.353 e. The van der Waals surface area contributed by atoms with E-state index in [-0.39, 0.29) is 6.03 Å². The molecular formula is C22H20N4O. The summed E-state index contributed by atoms with van der Waals surface area (Å²) in [4.78, 5) is 20.0. The maximum absolute atomic E-state index is 12.0. The standard InChI is InChI=1S/C22H20N4O/c27-22(24-15-6-7-15)25-16-8-9-20-18(11-16)19-12-17(23-13-21(19)26-20)10-14-4-2-1-3-5-14/h1-5,8-9,11-13,15,26H,6-7,10H2,(H2,24,25,27). The van der Waals surface area contributed by atoms with Crippen LogP contribution in [0.2, 0.25) is 0 Å². The Hall–Kier alpha value is -3.34. The van der Waals surface area contributed by atoms with E-state index in [0.717, 1.165) is 52.4 Å². The Labute approximate surface area is 156 Å². The number of anilines is 1. The molecular weight excluding hydrogens is 336 g/mol. The van der Waals surface area contributed by atoms with E-state index >= 15 is 0 Å². The zero-order valence-corrected chi connectivity index (χ0v) is 14.8. The van der Waals surface area contributed by atoms with Crippen molar-refractivity contribution < 1.29 is 4.79 Å². The van der Waals surface area contributed by atoms with Crippen molar-refractivity contribution in [2.75, 3.05) is 5.32 Å². The minimum atomic E-state index is -0.136. The molecule has 0 spiro atoms. The summed E-state index contributed by atoms with van der Waals surface area (Å²) in [6.45, 7) is 0. The summed E-state index contributed by atoms with van der Waals surface area (Å²) in [6, 6.07) is 18.6. The van der Waals surface area contributed by atoms with E-state index in [4.69, 9.17) is 0 Å². The van der Waals surface area contributed by atoms with Crippen molar-refractivity contribution in [3.63, 3.8) is 0 Å². The molecule has 2 amide bonds. The number of nitrogens with one attached hydrogen (secondary N) is 3. The number of aromatic nitrogens is 2. The predicted molar refractivity (Wildman–Crippen MR) is 108 cm³/mol. The maximum Gasteiger partial charge on any atom is 0.319 e. The molecule has 0 atom stereocenters. The smallest absolute Gasteiger partial charge is 0.319 e. The van der Waals surface area contributed by atoms with E-state index in [0.29, 0.717) is 6.04 Å². The fraction of sp³-hybridized carbons (Fsp3) is 0.182. The van der Waals surface area contributed by atoms with Crippen LogP contribution < -0.4 is 10.6 Å². The topological polar surface area (TPSA) is 69.8 Å². The normalized spacial score (nSPS) is 13.8. The lowest BCUT2D eigenvalue weighted by molar-refractivity contribution is 0.251. The zero-order chi connectivity index (χ0) is 18.2. The maximum atomic E-state index is 12.0. The van der Waals surface area contributed by atoms with Crippen LogP contribution in [-0.4, -0.2) is 22.0 Å². The number of carbonyl (C=O) groups excluding carboxylic acids is 1. The third-order valence-corrected chi connectivity index (χ3v) is 4.94. The van der Waals surface area contributed by atoms with Crippen LogP contribution in [0.25, 0.3) is 21.8 Å². The number of benzene rings is 2. The van der Waals surface area contributed by atoms with E-state index in [2.05, 4.69) is 38.8 Å². The summed E-state index contributed by atoms with van der Waals surface area (Å²) in [5.41, 5.74) is 5.10. The molecule has 3 N–H and O–H groups in total. The molecule has 2 aromatic heterocycles. The lowest BCUT2D eigenvalue weighted by Crippen LogP contribution is -2.30. The molecule has 5 rings (SSSR count). The van der Waals surface area contributed by atoms with Gasteiger partial charge < -0.3 is 15.6 Å². The van der Waals surface area contributed by atoms with E-state index < -0.39 is 0 Å². The Morgan fingerprint density at radius 2 is 1.85 bits per heavy atom. The average molecular weight is 356 g/mol. The van der Waals surface area contributed by atoms with Gasteiger partial charge in [0.2, 0.25) is 0 Å². The van der Waals surface area contributed by atoms with Gasteiger partial charge in [-0.15, -0.1) is 0 Å². The molecule has 5 heteroatoms. The highest BCUT2D eigenvalue weighted by Crippen LogP contribution is 2.28. The molecule has 1 fully saturated rings. The number of urea groups is 1. The molecule has 2 aromatic carbocycles. The Morgan fingerprint density at radius 1 is 1.04 bits per heavy atom. The summed E-state index contributed by atoms with van der Waals surface area (Å²) in [6.07, 6.45) is 4.84. The number of hydrogen-bond donors (Lipinski definition) is 3. The third kappa shape index (κ3) is 3.36. The van der Waals surface area contributed by atoms with Gasteiger partial charge in [-0.2, -0.15) is 0 Å². The van der Waals surface area contributed by atoms with Crippen molar-refractivity contribution in [2.45, 2.75) is 25.3 Å². The number of pyridine rings is 1. The molecule has 0 unspecified atom stereocenters. The predicted octanol–water partition coefficient (Wildman–Crippen LogP) is 4.59. The number of carbonyl (C=O) groups is 1. The van der Waals surface area contributed by atoms with Crippen molar-refractivity contribution in [1.29, 1.82) is 0 Å². The molecule has 1 aliphatic rings. The molecule has 1 saturated carbocycles. The van der Waals surface area contributed by atoms with Gasteiger partial charge in [-0.05, 0) is 42.7 Å². The molecule has 5 nitrogen and oxygen atoms in total. The van der Waals surface area contributed by atoms with Gasteiger partial charge in [0, 0.05) is 40.1 Å². The number of aromatic amines is 1. The monoisotopic (exact) mass is 356 g/mol. The number of fused-ring (bicyclic) bond motifs is 3. The third-order valence-electron chi connectivity index (χ3n) is 4.94. The van der Waals surface area contributed by atoms with Crippen LogP contribution in [0.4, 0.5) is 10.5 Å². The molecule has 0 aliphatic heterocycles. The van der Waals surface area contributed by atoms with Crippen LogP contribution in [0, 0.1) is 0 Å². The van der Waals surface area contributed by atoms with Crippen molar-refractivity contribution in [3.8, 4) is 0 Å². The fourth-order valence-corrected chi connectivity index (χ4v) is 3.40. The van der Waals surface area contributed by atoms with Crippen LogP contribution >= 0.6 is 0 Å². The first-order valence-electron chi connectivity index (χ1n) is 9.26. The SMILES string of the molecule is O=C(Nc1ccc2[nH]c3cnc(Cc4ccccc4)cc3c2c1)NC1CC1. The number of nitrogens with zero attached hydrogens (tertiary/aromatic N) is 1. The molecule has 2 heterocycles. The second-order valence-electron chi connectivity index (χ2n) is 7.14. The average Bonchev–Trinajstić information content (AvgIpc) is 3.41. The molecule has 1 aliphatic carbocycles. The Kier molecular flexibility index (Phi) is 3.78. The first-order valence-corrected chi connectivity index (χ1v) is 9.26. The van der Waals surface area contributed by atoms with Crippen molar-refractivity contribution in [2.24, 2.45) is 0 Å². The van der Waals surface area contributed by atoms with Crippen LogP contribution in [0.15, 0.2) is 60.8 Å². The van der Waals surface area contributed by atoms with Crippen molar-refractivity contribution >= 4 is 33.5 Å². The van der Waals surface area contributed by atoms with Gasteiger partial charge in [0.05, 0.1) is 11.7 Å². The first kappa shape index (κ1) is 15.9. The second kappa shape index (κ2) is 6.43. The number of rotatable bonds is 4. The zero-order valence-electron chi connectivity index (χ0n) is 14.8. The highest BCUT2D eigenvalue weighted by atomic mass is 16.2. The summed E-state index contributed by atoms with van der Waals surface area (Å²) in [5, 5.41) is 8.10. The van der Waals surface area contributed by atoms with Crippen LogP contribution in [0.3, 0.4) is 0 Å². The number of amides is 2.